The number of alkyl halides is 3. The lowest BCUT2D eigenvalue weighted by Crippen LogP contribution is -2.03. The van der Waals surface area contributed by atoms with Gasteiger partial charge >= 0.3 is 6.18 Å². The third-order valence-corrected chi connectivity index (χ3v) is 4.33. The zero-order valence-electron chi connectivity index (χ0n) is 12.8. The van der Waals surface area contributed by atoms with Crippen molar-refractivity contribution in [3.05, 3.63) is 70.7 Å². The minimum absolute atomic E-state index is 0.208. The van der Waals surface area contributed by atoms with Crippen LogP contribution in [0.3, 0.4) is 0 Å². The fourth-order valence-corrected chi connectivity index (χ4v) is 2.95. The van der Waals surface area contributed by atoms with Crippen LogP contribution in [0.15, 0.2) is 53.9 Å². The number of hydrogen-bond donors (Lipinski definition) is 0. The van der Waals surface area contributed by atoms with E-state index in [1.165, 1.54) is 23.5 Å². The van der Waals surface area contributed by atoms with E-state index in [4.69, 9.17) is 4.74 Å². The Kier molecular flexibility index (Phi) is 4.85. The molecule has 0 amide bonds. The van der Waals surface area contributed by atoms with Gasteiger partial charge in [0.05, 0.1) is 11.3 Å². The number of hydrogen-bond acceptors (Lipinski definition) is 4. The number of rotatable bonds is 5. The van der Waals surface area contributed by atoms with Crippen LogP contribution >= 0.6 is 11.3 Å². The predicted octanol–water partition coefficient (Wildman–Crippen LogP) is 5.22. The SMILES string of the molecule is O=Cc1cccc(OCc2csc(-c3ccc(C(F)(F)F)cc3)n2)c1. The topological polar surface area (TPSA) is 39.2 Å². The molecule has 0 radical (unpaired) electrons. The second-order valence-electron chi connectivity index (χ2n) is 5.20. The number of thiazole rings is 1. The molecule has 0 spiro atoms. The van der Waals surface area contributed by atoms with Crippen LogP contribution < -0.4 is 4.74 Å². The van der Waals surface area contributed by atoms with Crippen LogP contribution in [0.25, 0.3) is 10.6 Å². The van der Waals surface area contributed by atoms with Gasteiger partial charge in [-0.1, -0.05) is 24.3 Å². The number of aldehydes is 1. The summed E-state index contributed by atoms with van der Waals surface area (Å²) in [6.45, 7) is 0.208. The van der Waals surface area contributed by atoms with Gasteiger partial charge in [0.1, 0.15) is 23.7 Å². The summed E-state index contributed by atoms with van der Waals surface area (Å²) in [7, 11) is 0. The fraction of sp³-hybridized carbons (Fsp3) is 0.111. The fourth-order valence-electron chi connectivity index (χ4n) is 2.14. The molecular formula is C18H12F3NO2S. The Morgan fingerprint density at radius 2 is 1.88 bits per heavy atom. The number of carbonyl (C=O) groups is 1. The minimum Gasteiger partial charge on any atom is -0.487 e. The molecule has 3 rings (SSSR count). The molecule has 0 unspecified atom stereocenters. The second-order valence-corrected chi connectivity index (χ2v) is 6.06. The smallest absolute Gasteiger partial charge is 0.416 e. The zero-order chi connectivity index (χ0) is 17.9. The standard InChI is InChI=1S/C18H12F3NO2S/c19-18(20,21)14-6-4-13(5-7-14)17-22-15(11-25-17)10-24-16-3-1-2-12(8-16)9-23/h1-9,11H,10H2. The van der Waals surface area contributed by atoms with Crippen LogP contribution in [0.2, 0.25) is 0 Å². The minimum atomic E-state index is -4.35. The molecule has 0 saturated heterocycles. The Morgan fingerprint density at radius 1 is 1.12 bits per heavy atom. The van der Waals surface area contributed by atoms with Crippen molar-refractivity contribution in [1.82, 2.24) is 4.98 Å². The molecule has 128 valence electrons. The van der Waals surface area contributed by atoms with Crippen LogP contribution in [-0.2, 0) is 12.8 Å². The molecule has 0 fully saturated rings. The number of carbonyl (C=O) groups excluding carboxylic acids is 1. The van der Waals surface area contributed by atoms with Crippen molar-refractivity contribution >= 4 is 17.6 Å². The summed E-state index contributed by atoms with van der Waals surface area (Å²) in [5.41, 5.74) is 1.11. The highest BCUT2D eigenvalue weighted by Gasteiger charge is 2.30. The van der Waals surface area contributed by atoms with E-state index < -0.39 is 11.7 Å². The van der Waals surface area contributed by atoms with E-state index in [2.05, 4.69) is 4.98 Å². The molecule has 1 aromatic heterocycles. The molecule has 0 atom stereocenters. The predicted molar refractivity (Wildman–Crippen MR) is 88.7 cm³/mol. The molecule has 0 bridgehead atoms. The molecular weight excluding hydrogens is 351 g/mol. The maximum Gasteiger partial charge on any atom is 0.416 e. The van der Waals surface area contributed by atoms with Crippen LogP contribution in [0.5, 0.6) is 5.75 Å². The van der Waals surface area contributed by atoms with Gasteiger partial charge in [-0.3, -0.25) is 4.79 Å². The summed E-state index contributed by atoms with van der Waals surface area (Å²) in [5.74, 6) is 0.550. The maximum absolute atomic E-state index is 12.6. The van der Waals surface area contributed by atoms with Crippen molar-refractivity contribution in [3.8, 4) is 16.3 Å². The molecule has 2 aromatic carbocycles. The normalized spacial score (nSPS) is 11.3. The van der Waals surface area contributed by atoms with E-state index in [1.54, 1.807) is 29.6 Å². The lowest BCUT2D eigenvalue weighted by atomic mass is 10.1. The lowest BCUT2D eigenvalue weighted by molar-refractivity contribution is -0.137. The average molecular weight is 363 g/mol. The van der Waals surface area contributed by atoms with E-state index >= 15 is 0 Å². The first kappa shape index (κ1) is 17.2. The van der Waals surface area contributed by atoms with Crippen LogP contribution in [-0.4, -0.2) is 11.3 Å². The van der Waals surface area contributed by atoms with Gasteiger partial charge in [-0.25, -0.2) is 4.98 Å². The molecule has 0 N–H and O–H groups in total. The Morgan fingerprint density at radius 3 is 2.56 bits per heavy atom. The molecule has 0 saturated carbocycles. The van der Waals surface area contributed by atoms with Crippen molar-refractivity contribution in [2.45, 2.75) is 12.8 Å². The highest BCUT2D eigenvalue weighted by Crippen LogP contribution is 2.31. The first-order valence-corrected chi connectivity index (χ1v) is 8.14. The first-order chi connectivity index (χ1) is 12.0. The van der Waals surface area contributed by atoms with Crippen molar-refractivity contribution in [2.75, 3.05) is 0 Å². The van der Waals surface area contributed by atoms with Crippen molar-refractivity contribution in [1.29, 1.82) is 0 Å². The summed E-state index contributed by atoms with van der Waals surface area (Å²) < 4.78 is 43.4. The molecule has 25 heavy (non-hydrogen) atoms. The number of aromatic nitrogens is 1. The lowest BCUT2D eigenvalue weighted by Gasteiger charge is -2.06. The molecule has 3 aromatic rings. The van der Waals surface area contributed by atoms with Crippen molar-refractivity contribution in [3.63, 3.8) is 0 Å². The number of halogens is 3. The largest absolute Gasteiger partial charge is 0.487 e. The van der Waals surface area contributed by atoms with Gasteiger partial charge in [0, 0.05) is 16.5 Å². The third-order valence-electron chi connectivity index (χ3n) is 3.39. The summed E-state index contributed by atoms with van der Waals surface area (Å²) in [6.07, 6.45) is -3.62. The monoisotopic (exact) mass is 363 g/mol. The molecule has 1 heterocycles. The summed E-state index contributed by atoms with van der Waals surface area (Å²) in [5, 5.41) is 2.41. The zero-order valence-corrected chi connectivity index (χ0v) is 13.6. The van der Waals surface area contributed by atoms with E-state index in [0.717, 1.165) is 18.4 Å². The van der Waals surface area contributed by atoms with Gasteiger partial charge < -0.3 is 4.74 Å². The first-order valence-electron chi connectivity index (χ1n) is 7.26. The summed E-state index contributed by atoms with van der Waals surface area (Å²) in [6, 6.07) is 11.6. The van der Waals surface area contributed by atoms with Gasteiger partial charge in [-0.05, 0) is 24.3 Å². The average Bonchev–Trinajstić information content (AvgIpc) is 3.08. The van der Waals surface area contributed by atoms with Gasteiger partial charge in [0.25, 0.3) is 0 Å². The molecule has 0 aliphatic heterocycles. The number of benzene rings is 2. The molecule has 3 nitrogen and oxygen atoms in total. The van der Waals surface area contributed by atoms with E-state index in [9.17, 15) is 18.0 Å². The maximum atomic E-state index is 12.6. The quantitative estimate of drug-likeness (QED) is 0.584. The van der Waals surface area contributed by atoms with E-state index in [-0.39, 0.29) is 6.61 Å². The van der Waals surface area contributed by atoms with Gasteiger partial charge in [-0.15, -0.1) is 11.3 Å². The molecule has 7 heteroatoms. The van der Waals surface area contributed by atoms with Crippen LogP contribution in [0, 0.1) is 0 Å². The Hall–Kier alpha value is -2.67. The second kappa shape index (κ2) is 7.06. The summed E-state index contributed by atoms with van der Waals surface area (Å²) in [4.78, 5) is 15.1. The Labute approximate surface area is 145 Å². The Balaban J connectivity index is 1.68. The van der Waals surface area contributed by atoms with E-state index in [1.807, 2.05) is 0 Å². The van der Waals surface area contributed by atoms with Gasteiger partial charge in [0.15, 0.2) is 0 Å². The highest BCUT2D eigenvalue weighted by molar-refractivity contribution is 7.13. The van der Waals surface area contributed by atoms with Gasteiger partial charge in [-0.2, -0.15) is 13.2 Å². The van der Waals surface area contributed by atoms with Crippen LogP contribution in [0.4, 0.5) is 13.2 Å². The van der Waals surface area contributed by atoms with Crippen LogP contribution in [0.1, 0.15) is 21.6 Å². The number of nitrogens with zero attached hydrogens (tertiary/aromatic N) is 1. The highest BCUT2D eigenvalue weighted by atomic mass is 32.1. The molecule has 0 aliphatic carbocycles. The van der Waals surface area contributed by atoms with Crippen molar-refractivity contribution in [2.24, 2.45) is 0 Å². The third kappa shape index (κ3) is 4.24. The number of ether oxygens (including phenoxy) is 1. The Bertz CT molecular complexity index is 873. The van der Waals surface area contributed by atoms with Gasteiger partial charge in [0.2, 0.25) is 0 Å². The molecule has 0 aliphatic rings. The van der Waals surface area contributed by atoms with E-state index in [0.29, 0.717) is 27.6 Å². The van der Waals surface area contributed by atoms with Crippen molar-refractivity contribution < 1.29 is 22.7 Å². The summed E-state index contributed by atoms with van der Waals surface area (Å²) >= 11 is 1.33.